The maximum Gasteiger partial charge on any atom is 0.312 e. The highest BCUT2D eigenvalue weighted by Crippen LogP contribution is 2.30. The molecule has 1 heterocycles. The molecule has 0 radical (unpaired) electrons. The molecule has 0 aliphatic rings. The summed E-state index contributed by atoms with van der Waals surface area (Å²) in [6.07, 6.45) is 0. The molecule has 0 aliphatic carbocycles. The highest BCUT2D eigenvalue weighted by atomic mass is 79.9. The zero-order valence-electron chi connectivity index (χ0n) is 9.84. The van der Waals surface area contributed by atoms with Crippen LogP contribution < -0.4 is 4.74 Å². The largest absolute Gasteiger partial charge is 0.478 e. The standard InChI is InChI=1S/C12H7BrClNO4S/c13-8-3-4-20-12(8)10(16)6-19-11-2-1-7(14)5-9(11)15(17)18/h1-5H,6H2. The Morgan fingerprint density at radius 1 is 1.45 bits per heavy atom. The third kappa shape index (κ3) is 3.36. The van der Waals surface area contributed by atoms with Gasteiger partial charge in [-0.25, -0.2) is 0 Å². The van der Waals surface area contributed by atoms with Gasteiger partial charge in [-0.1, -0.05) is 11.6 Å². The molecule has 0 N–H and O–H groups in total. The van der Waals surface area contributed by atoms with Gasteiger partial charge in [0, 0.05) is 15.6 Å². The summed E-state index contributed by atoms with van der Waals surface area (Å²) >= 11 is 10.2. The number of rotatable bonds is 5. The van der Waals surface area contributed by atoms with Crippen molar-refractivity contribution in [3.8, 4) is 5.75 Å². The molecule has 0 amide bonds. The number of benzene rings is 1. The minimum Gasteiger partial charge on any atom is -0.478 e. The van der Waals surface area contributed by atoms with Crippen LogP contribution in [0.2, 0.25) is 5.02 Å². The Balaban J connectivity index is 2.14. The Morgan fingerprint density at radius 2 is 2.20 bits per heavy atom. The van der Waals surface area contributed by atoms with Crippen LogP contribution in [0.1, 0.15) is 9.67 Å². The summed E-state index contributed by atoms with van der Waals surface area (Å²) in [4.78, 5) is 22.7. The Morgan fingerprint density at radius 3 is 2.80 bits per heavy atom. The first kappa shape index (κ1) is 15.0. The quantitative estimate of drug-likeness (QED) is 0.442. The van der Waals surface area contributed by atoms with Crippen molar-refractivity contribution in [1.82, 2.24) is 0 Å². The molecule has 2 aromatic rings. The molecule has 2 rings (SSSR count). The van der Waals surface area contributed by atoms with Crippen molar-refractivity contribution in [2.75, 3.05) is 6.61 Å². The number of thiophene rings is 1. The lowest BCUT2D eigenvalue weighted by atomic mass is 10.3. The van der Waals surface area contributed by atoms with E-state index in [9.17, 15) is 14.9 Å². The van der Waals surface area contributed by atoms with Gasteiger partial charge in [0.1, 0.15) is 0 Å². The van der Waals surface area contributed by atoms with Crippen LogP contribution in [0, 0.1) is 10.1 Å². The van der Waals surface area contributed by atoms with Crippen molar-refractivity contribution in [1.29, 1.82) is 0 Å². The third-order valence-electron chi connectivity index (χ3n) is 2.35. The van der Waals surface area contributed by atoms with E-state index in [2.05, 4.69) is 15.9 Å². The van der Waals surface area contributed by atoms with Gasteiger partial charge in [-0.2, -0.15) is 0 Å². The van der Waals surface area contributed by atoms with Gasteiger partial charge < -0.3 is 4.74 Å². The van der Waals surface area contributed by atoms with E-state index in [-0.39, 0.29) is 28.8 Å². The normalized spacial score (nSPS) is 10.3. The van der Waals surface area contributed by atoms with Gasteiger partial charge in [-0.05, 0) is 39.5 Å². The SMILES string of the molecule is O=C(COc1ccc(Cl)cc1[N+](=O)[O-])c1sccc1Br. The number of halogens is 2. The molecule has 8 heteroatoms. The van der Waals surface area contributed by atoms with Gasteiger partial charge in [0.2, 0.25) is 5.78 Å². The molecule has 0 bridgehead atoms. The Hall–Kier alpha value is -1.44. The second-order valence-corrected chi connectivity index (χ2v) is 5.89. The van der Waals surface area contributed by atoms with Crippen molar-refractivity contribution in [2.24, 2.45) is 0 Å². The number of nitrogens with zero attached hydrogens (tertiary/aromatic N) is 1. The van der Waals surface area contributed by atoms with Crippen LogP contribution >= 0.6 is 38.9 Å². The number of ether oxygens (including phenoxy) is 1. The van der Waals surface area contributed by atoms with Gasteiger partial charge in [0.25, 0.3) is 0 Å². The fourth-order valence-electron chi connectivity index (χ4n) is 1.46. The first-order valence-electron chi connectivity index (χ1n) is 5.32. The predicted molar refractivity (Wildman–Crippen MR) is 80.0 cm³/mol. The summed E-state index contributed by atoms with van der Waals surface area (Å²) < 4.78 is 5.91. The molecule has 20 heavy (non-hydrogen) atoms. The Bertz CT molecular complexity index is 673. The van der Waals surface area contributed by atoms with Crippen LogP contribution in [0.25, 0.3) is 0 Å². The number of hydrogen-bond acceptors (Lipinski definition) is 5. The van der Waals surface area contributed by atoms with E-state index in [1.54, 1.807) is 11.4 Å². The average Bonchev–Trinajstić information content (AvgIpc) is 2.83. The van der Waals surface area contributed by atoms with Gasteiger partial charge >= 0.3 is 5.69 Å². The molecule has 0 unspecified atom stereocenters. The number of carbonyl (C=O) groups is 1. The van der Waals surface area contributed by atoms with Crippen LogP contribution in [-0.4, -0.2) is 17.3 Å². The van der Waals surface area contributed by atoms with Crippen molar-refractivity contribution in [3.63, 3.8) is 0 Å². The van der Waals surface area contributed by atoms with E-state index < -0.39 is 4.92 Å². The molecular weight excluding hydrogens is 370 g/mol. The van der Waals surface area contributed by atoms with E-state index >= 15 is 0 Å². The predicted octanol–water partition coefficient (Wildman–Crippen LogP) is 4.33. The Labute approximate surface area is 131 Å². The molecule has 5 nitrogen and oxygen atoms in total. The fourth-order valence-corrected chi connectivity index (χ4v) is 3.14. The molecule has 0 fully saturated rings. The minimum atomic E-state index is -0.604. The van der Waals surface area contributed by atoms with Crippen molar-refractivity contribution in [2.45, 2.75) is 0 Å². The van der Waals surface area contributed by atoms with Crippen LogP contribution in [0.15, 0.2) is 34.1 Å². The molecular formula is C12H7BrClNO4S. The minimum absolute atomic E-state index is 0.0143. The fraction of sp³-hybridized carbons (Fsp3) is 0.0833. The van der Waals surface area contributed by atoms with Crippen molar-refractivity contribution >= 4 is 50.3 Å². The molecule has 0 aliphatic heterocycles. The average molecular weight is 377 g/mol. The van der Waals surface area contributed by atoms with Crippen molar-refractivity contribution < 1.29 is 14.5 Å². The van der Waals surface area contributed by atoms with Gasteiger partial charge in [0.15, 0.2) is 12.4 Å². The lowest BCUT2D eigenvalue weighted by molar-refractivity contribution is -0.385. The van der Waals surface area contributed by atoms with Crippen LogP contribution in [0.4, 0.5) is 5.69 Å². The summed E-state index contributed by atoms with van der Waals surface area (Å²) in [5.74, 6) is -0.239. The summed E-state index contributed by atoms with van der Waals surface area (Å²) in [7, 11) is 0. The van der Waals surface area contributed by atoms with Crippen LogP contribution in [-0.2, 0) is 0 Å². The smallest absolute Gasteiger partial charge is 0.312 e. The topological polar surface area (TPSA) is 69.4 Å². The first-order chi connectivity index (χ1) is 9.49. The second-order valence-electron chi connectivity index (χ2n) is 3.68. The second kappa shape index (κ2) is 6.34. The van der Waals surface area contributed by atoms with E-state index in [0.717, 1.165) is 0 Å². The van der Waals surface area contributed by atoms with Crippen LogP contribution in [0.5, 0.6) is 5.75 Å². The molecule has 0 spiro atoms. The molecule has 0 saturated carbocycles. The molecule has 1 aromatic carbocycles. The zero-order valence-corrected chi connectivity index (χ0v) is 13.0. The number of hydrogen-bond donors (Lipinski definition) is 0. The summed E-state index contributed by atoms with van der Waals surface area (Å²) in [5, 5.41) is 12.9. The van der Waals surface area contributed by atoms with Gasteiger partial charge in [-0.3, -0.25) is 14.9 Å². The molecule has 0 saturated heterocycles. The van der Waals surface area contributed by atoms with E-state index in [4.69, 9.17) is 16.3 Å². The number of carbonyl (C=O) groups excluding carboxylic acids is 1. The summed E-state index contributed by atoms with van der Waals surface area (Å²) in [6, 6.07) is 5.78. The molecule has 0 atom stereocenters. The lowest BCUT2D eigenvalue weighted by Gasteiger charge is -2.06. The van der Waals surface area contributed by atoms with Crippen LogP contribution in [0.3, 0.4) is 0 Å². The third-order valence-corrected chi connectivity index (χ3v) is 4.46. The van der Waals surface area contributed by atoms with Gasteiger partial charge in [0.05, 0.1) is 9.80 Å². The zero-order chi connectivity index (χ0) is 14.7. The summed E-state index contributed by atoms with van der Waals surface area (Å²) in [5.41, 5.74) is -0.268. The monoisotopic (exact) mass is 375 g/mol. The number of nitro groups is 1. The highest BCUT2D eigenvalue weighted by Gasteiger charge is 2.18. The molecule has 1 aromatic heterocycles. The van der Waals surface area contributed by atoms with E-state index in [1.165, 1.54) is 29.5 Å². The number of Topliss-reactive ketones (excluding diaryl/α,β-unsaturated/α-hetero) is 1. The maximum absolute atomic E-state index is 11.9. The van der Waals surface area contributed by atoms with Gasteiger partial charge in [-0.15, -0.1) is 11.3 Å². The Kier molecular flexibility index (Phi) is 4.74. The first-order valence-corrected chi connectivity index (χ1v) is 7.37. The summed E-state index contributed by atoms with van der Waals surface area (Å²) in [6.45, 7) is -0.276. The lowest BCUT2D eigenvalue weighted by Crippen LogP contribution is -2.11. The highest BCUT2D eigenvalue weighted by molar-refractivity contribution is 9.10. The maximum atomic E-state index is 11.9. The number of nitro benzene ring substituents is 1. The van der Waals surface area contributed by atoms with E-state index in [0.29, 0.717) is 9.35 Å². The van der Waals surface area contributed by atoms with Crippen molar-refractivity contribution in [3.05, 3.63) is 54.1 Å². The number of ketones is 1. The molecule has 104 valence electrons. The van der Waals surface area contributed by atoms with E-state index in [1.807, 2.05) is 0 Å².